The lowest BCUT2D eigenvalue weighted by Gasteiger charge is -2.57. The molecule has 9 atom stereocenters. The van der Waals surface area contributed by atoms with Crippen LogP contribution in [-0.2, 0) is 76.7 Å². The largest absolute Gasteiger partial charge is 0.462 e. The highest BCUT2D eigenvalue weighted by atomic mass is 16.7. The summed E-state index contributed by atoms with van der Waals surface area (Å²) in [6.07, 6.45) is 48.9. The molecule has 20 heteroatoms. The number of carbonyl (C=O) groups is 8. The van der Waals surface area contributed by atoms with E-state index in [0.29, 0.717) is 51.4 Å². The van der Waals surface area contributed by atoms with Gasteiger partial charge in [-0.1, -0.05) is 249 Å². The van der Waals surface area contributed by atoms with Gasteiger partial charge in [-0.2, -0.15) is 0 Å². The maximum Gasteiger partial charge on any atom is 0.322 e. The van der Waals surface area contributed by atoms with E-state index in [-0.39, 0.29) is 128 Å². The normalized spacial score (nSPS) is 25.6. The Bertz CT molecular complexity index is 2680. The molecule has 9 unspecified atom stereocenters. The lowest BCUT2D eigenvalue weighted by Crippen LogP contribution is -2.68. The second-order valence-corrected chi connectivity index (χ2v) is 36.7. The molecule has 4 aliphatic heterocycles. The van der Waals surface area contributed by atoms with Gasteiger partial charge in [0.25, 0.3) is 0 Å². The Balaban J connectivity index is 0.000000778. The lowest BCUT2D eigenvalue weighted by atomic mass is 9.69. The van der Waals surface area contributed by atoms with Crippen molar-refractivity contribution in [1.29, 1.82) is 0 Å². The molecule has 0 aromatic carbocycles. The van der Waals surface area contributed by atoms with E-state index in [0.717, 1.165) is 64.2 Å². The van der Waals surface area contributed by atoms with Crippen molar-refractivity contribution in [3.8, 4) is 0 Å². The van der Waals surface area contributed by atoms with E-state index >= 15 is 0 Å². The maximum atomic E-state index is 12.7. The Morgan fingerprint density at radius 2 is 0.536 bits per heavy atom. The standard InChI is InChI=1S/C32H61NO4.C31H59NO4.C16H29NO4.C13H23NO4/c1-8-11-12-13-14-15-16-17-18-19-20-21-22-23-24-25-30(35)36-29-26-31(6,9-2)33(37-28(5)34)32(7,10-3)27(29)4;1-7-10-11-12-13-14-15-16-17-18-19-20-21-22-23-24-29(34)35-28-25-30(5,6)32(36-27(4)33)31(8-2,9-3)26-28;1-8-15(6)10-14(20-12(4)18)11(3)16(7,9-2)17(15)21-13(5)19;1-9(15)17-11-7-12(3,4)14(18-10(2)16)13(5,6)8-11/h27,29H,8-26H2,1-7H3;28H,7-26H2,1-6H3;11,14H,8-10H2,1-7H3;11H,7-8H2,1-6H3. The first-order valence-corrected chi connectivity index (χ1v) is 45.2. The zero-order valence-electron chi connectivity index (χ0n) is 76.9. The highest BCUT2D eigenvalue weighted by Gasteiger charge is 2.58. The van der Waals surface area contributed by atoms with E-state index in [4.69, 9.17) is 38.3 Å². The van der Waals surface area contributed by atoms with Gasteiger partial charge in [0, 0.05) is 105 Å². The summed E-state index contributed by atoms with van der Waals surface area (Å²) in [6.45, 7) is 50.4. The van der Waals surface area contributed by atoms with Crippen LogP contribution in [0.15, 0.2) is 0 Å². The highest BCUT2D eigenvalue weighted by Crippen LogP contribution is 2.50. The van der Waals surface area contributed by atoms with Gasteiger partial charge in [0.15, 0.2) is 0 Å². The van der Waals surface area contributed by atoms with Crippen LogP contribution in [0.5, 0.6) is 0 Å². The fourth-order valence-electron chi connectivity index (χ4n) is 18.2. The summed E-state index contributed by atoms with van der Waals surface area (Å²) < 4.78 is 22.9. The fourth-order valence-corrected chi connectivity index (χ4v) is 18.2. The minimum atomic E-state index is -0.381. The average Bonchev–Trinajstić information content (AvgIpc) is 0.675. The number of piperidine rings is 4. The lowest BCUT2D eigenvalue weighted by molar-refractivity contribution is -0.299. The molecular weight excluding hydrogens is 1420 g/mol. The van der Waals surface area contributed by atoms with Crippen LogP contribution in [-0.4, -0.2) is 137 Å². The van der Waals surface area contributed by atoms with Crippen LogP contribution in [0, 0.1) is 11.8 Å². The van der Waals surface area contributed by atoms with E-state index in [1.807, 2.05) is 42.9 Å². The van der Waals surface area contributed by atoms with Gasteiger partial charge < -0.3 is 38.3 Å². The minimum absolute atomic E-state index is 0.0708. The molecule has 0 aromatic rings. The van der Waals surface area contributed by atoms with Crippen molar-refractivity contribution >= 4 is 47.8 Å². The molecule has 0 aliphatic carbocycles. The number of unbranched alkanes of at least 4 members (excludes halogenated alkanes) is 28. The molecule has 4 fully saturated rings. The van der Waals surface area contributed by atoms with Gasteiger partial charge in [-0.05, 0) is 121 Å². The molecule has 0 N–H and O–H groups in total. The summed E-state index contributed by atoms with van der Waals surface area (Å²) in [5.74, 6) is -1.77. The zero-order valence-corrected chi connectivity index (χ0v) is 76.9. The number of hydrogen-bond acceptors (Lipinski definition) is 20. The van der Waals surface area contributed by atoms with Crippen molar-refractivity contribution in [2.45, 2.75) is 531 Å². The second kappa shape index (κ2) is 53.1. The van der Waals surface area contributed by atoms with E-state index in [2.05, 4.69) is 111 Å². The molecule has 4 heterocycles. The Morgan fingerprint density at radius 1 is 0.277 bits per heavy atom. The first-order valence-electron chi connectivity index (χ1n) is 45.2. The van der Waals surface area contributed by atoms with E-state index in [1.54, 1.807) is 5.06 Å². The molecule has 0 amide bonds. The summed E-state index contributed by atoms with van der Waals surface area (Å²) in [5.41, 5.74) is -2.86. The molecule has 4 saturated heterocycles. The van der Waals surface area contributed by atoms with E-state index in [1.165, 1.54) is 208 Å². The number of hydrogen-bond donors (Lipinski definition) is 0. The molecule has 0 aromatic heterocycles. The summed E-state index contributed by atoms with van der Waals surface area (Å²) in [5, 5.41) is 7.38. The molecule has 0 saturated carbocycles. The smallest absolute Gasteiger partial charge is 0.322 e. The quantitative estimate of drug-likeness (QED) is 0.0314. The van der Waals surface area contributed by atoms with E-state index < -0.39 is 0 Å². The van der Waals surface area contributed by atoms with Gasteiger partial charge in [0.1, 0.15) is 24.4 Å². The van der Waals surface area contributed by atoms with Crippen molar-refractivity contribution < 1.29 is 76.7 Å². The number of hydroxylamine groups is 8. The summed E-state index contributed by atoms with van der Waals surface area (Å²) in [7, 11) is 0. The van der Waals surface area contributed by atoms with Crippen molar-refractivity contribution in [2.75, 3.05) is 0 Å². The Morgan fingerprint density at radius 3 is 0.812 bits per heavy atom. The van der Waals surface area contributed by atoms with Crippen LogP contribution in [0.1, 0.15) is 463 Å². The fraction of sp³-hybridized carbons (Fsp3) is 0.913. The van der Waals surface area contributed by atoms with Crippen molar-refractivity contribution in [1.82, 2.24) is 20.3 Å². The maximum absolute atomic E-state index is 12.7. The molecule has 4 aliphatic rings. The number of rotatable bonds is 46. The summed E-state index contributed by atoms with van der Waals surface area (Å²) >= 11 is 0. The monoisotopic (exact) mass is 1590 g/mol. The van der Waals surface area contributed by atoms with Crippen LogP contribution in [0.25, 0.3) is 0 Å². The molecule has 0 radical (unpaired) electrons. The van der Waals surface area contributed by atoms with Gasteiger partial charge in [-0.3, -0.25) is 38.4 Å². The minimum Gasteiger partial charge on any atom is -0.462 e. The third kappa shape index (κ3) is 36.6. The first-order chi connectivity index (χ1) is 52.5. The van der Waals surface area contributed by atoms with E-state index in [9.17, 15) is 38.4 Å². The van der Waals surface area contributed by atoms with Gasteiger partial charge in [-0.15, -0.1) is 20.3 Å². The molecule has 0 bridgehead atoms. The van der Waals surface area contributed by atoms with Gasteiger partial charge in [-0.25, -0.2) is 0 Å². The van der Waals surface area contributed by atoms with Crippen LogP contribution in [0.4, 0.5) is 0 Å². The second-order valence-electron chi connectivity index (χ2n) is 36.7. The molecule has 656 valence electrons. The zero-order chi connectivity index (χ0) is 85.2. The molecule has 112 heavy (non-hydrogen) atoms. The van der Waals surface area contributed by atoms with Gasteiger partial charge in [0.2, 0.25) is 0 Å². The summed E-state index contributed by atoms with van der Waals surface area (Å²) in [4.78, 5) is 116. The predicted molar refractivity (Wildman–Crippen MR) is 451 cm³/mol. The Kier molecular flexibility index (Phi) is 50.1. The Labute approximate surface area is 684 Å². The number of nitrogens with zero attached hydrogens (tertiary/aromatic N) is 4. The van der Waals surface area contributed by atoms with Gasteiger partial charge >= 0.3 is 47.8 Å². The predicted octanol–water partition coefficient (Wildman–Crippen LogP) is 23.5. The molecule has 20 nitrogen and oxygen atoms in total. The number of esters is 4. The first kappa shape index (κ1) is 106. The third-order valence-corrected chi connectivity index (χ3v) is 25.5. The number of carbonyl (C=O) groups excluding carboxylic acids is 8. The van der Waals surface area contributed by atoms with Crippen molar-refractivity contribution in [3.63, 3.8) is 0 Å². The average molecular weight is 1590 g/mol. The van der Waals surface area contributed by atoms with Crippen LogP contribution < -0.4 is 0 Å². The molecule has 0 spiro atoms. The number of ether oxygens (including phenoxy) is 4. The SMILES string of the molecule is CC(=O)OC1CC(C)(C)N(OC(C)=O)C(C)(C)C1.CCC1(C)CC(OC(C)=O)C(C)C(C)(CC)N1OC(C)=O.CCCCCCCCCCCCCCCCCC(=O)OC1CC(C)(C)N(OC(C)=O)C(CC)(CC)C1.CCCCCCCCCCCCCCCCCC(=O)OC1CC(C)(CC)N(OC(C)=O)C(C)(CC)C1C. The highest BCUT2D eigenvalue weighted by molar-refractivity contribution is 5.70. The van der Waals surface area contributed by atoms with Crippen molar-refractivity contribution in [2.24, 2.45) is 11.8 Å². The topological polar surface area (TPSA) is 223 Å². The summed E-state index contributed by atoms with van der Waals surface area (Å²) in [6, 6.07) is 0. The van der Waals surface area contributed by atoms with Gasteiger partial charge in [0.05, 0.1) is 44.3 Å². The Hall–Kier alpha value is -4.40. The molecular formula is C92H172N4O16. The third-order valence-electron chi connectivity index (χ3n) is 25.5. The molecule has 4 rings (SSSR count). The van der Waals surface area contributed by atoms with Crippen LogP contribution in [0.2, 0.25) is 0 Å². The van der Waals surface area contributed by atoms with Crippen LogP contribution >= 0.6 is 0 Å². The van der Waals surface area contributed by atoms with Crippen molar-refractivity contribution in [3.05, 3.63) is 0 Å². The van der Waals surface area contributed by atoms with Crippen LogP contribution in [0.3, 0.4) is 0 Å².